The van der Waals surface area contributed by atoms with Crippen molar-refractivity contribution < 1.29 is 9.90 Å². The van der Waals surface area contributed by atoms with E-state index in [4.69, 9.17) is 4.98 Å². The molecule has 0 saturated heterocycles. The minimum Gasteiger partial charge on any atom is -0.481 e. The van der Waals surface area contributed by atoms with Gasteiger partial charge in [-0.15, -0.1) is 0 Å². The van der Waals surface area contributed by atoms with Crippen LogP contribution in [0.5, 0.6) is 0 Å². The highest BCUT2D eigenvalue weighted by atomic mass is 16.4. The summed E-state index contributed by atoms with van der Waals surface area (Å²) in [6.07, 6.45) is 13.1. The number of pyridine rings is 1. The Hall–Kier alpha value is -3.40. The number of hydrogen-bond acceptors (Lipinski definition) is 3. The van der Waals surface area contributed by atoms with Crippen molar-refractivity contribution in [2.45, 2.75) is 71.6 Å². The fourth-order valence-corrected chi connectivity index (χ4v) is 4.76. The number of aromatic nitrogens is 1. The van der Waals surface area contributed by atoms with E-state index >= 15 is 0 Å². The first kappa shape index (κ1) is 28.2. The second-order valence-corrected chi connectivity index (χ2v) is 9.88. The molecule has 2 N–H and O–H groups in total. The molecule has 0 bridgehead atoms. The zero-order valence-corrected chi connectivity index (χ0v) is 22.5. The third kappa shape index (κ3) is 9.20. The number of carboxylic acids is 1. The van der Waals surface area contributed by atoms with Gasteiger partial charge < -0.3 is 10.4 Å². The molecule has 0 atom stereocenters. The lowest BCUT2D eigenvalue weighted by molar-refractivity contribution is -0.149. The molecule has 0 aliphatic rings. The summed E-state index contributed by atoms with van der Waals surface area (Å²) in [4.78, 5) is 16.6. The number of unbranched alkanes of at least 4 members (excludes halogenated alkanes) is 3. The third-order valence-corrected chi connectivity index (χ3v) is 7.39. The number of carbonyl (C=O) groups is 1. The predicted molar refractivity (Wildman–Crippen MR) is 156 cm³/mol. The average Bonchev–Trinajstić information content (AvgIpc) is 2.93. The van der Waals surface area contributed by atoms with Gasteiger partial charge in [0.2, 0.25) is 0 Å². The third-order valence-electron chi connectivity index (χ3n) is 7.39. The largest absolute Gasteiger partial charge is 0.481 e. The molecule has 4 nitrogen and oxygen atoms in total. The lowest BCUT2D eigenvalue weighted by Gasteiger charge is -2.26. The van der Waals surface area contributed by atoms with Crippen LogP contribution in [0.1, 0.15) is 81.3 Å². The molecule has 0 aliphatic carbocycles. The summed E-state index contributed by atoms with van der Waals surface area (Å²) in [6, 6.07) is 25.2. The van der Waals surface area contributed by atoms with E-state index in [1.54, 1.807) is 0 Å². The monoisotopic (exact) mass is 498 g/mol. The summed E-state index contributed by atoms with van der Waals surface area (Å²) in [5.74, 6) is -0.700. The molecule has 0 radical (unpaired) electrons. The number of carboxylic acid groups (broad SMARTS) is 1. The highest BCUT2D eigenvalue weighted by molar-refractivity contribution is 5.74. The Kier molecular flexibility index (Phi) is 11.4. The second kappa shape index (κ2) is 15.0. The normalized spacial score (nSPS) is 11.6. The Morgan fingerprint density at radius 1 is 0.865 bits per heavy atom. The molecule has 37 heavy (non-hydrogen) atoms. The van der Waals surface area contributed by atoms with Gasteiger partial charge in [-0.1, -0.05) is 81.3 Å². The Morgan fingerprint density at radius 3 is 2.32 bits per heavy atom. The number of benzene rings is 2. The van der Waals surface area contributed by atoms with E-state index in [9.17, 15) is 9.90 Å². The van der Waals surface area contributed by atoms with Crippen molar-refractivity contribution in [2.24, 2.45) is 5.41 Å². The van der Waals surface area contributed by atoms with E-state index in [-0.39, 0.29) is 0 Å². The van der Waals surface area contributed by atoms with E-state index in [2.05, 4.69) is 72.1 Å². The Morgan fingerprint density at radius 2 is 1.59 bits per heavy atom. The van der Waals surface area contributed by atoms with Crippen LogP contribution in [0.15, 0.2) is 72.8 Å². The van der Waals surface area contributed by atoms with Crippen LogP contribution in [-0.4, -0.2) is 22.6 Å². The van der Waals surface area contributed by atoms with Crippen molar-refractivity contribution in [3.8, 4) is 0 Å². The maximum absolute atomic E-state index is 11.7. The summed E-state index contributed by atoms with van der Waals surface area (Å²) < 4.78 is 0. The minimum atomic E-state index is -0.700. The van der Waals surface area contributed by atoms with Crippen LogP contribution in [0.4, 0.5) is 5.69 Å². The van der Waals surface area contributed by atoms with E-state index in [1.807, 2.05) is 32.0 Å². The molecule has 3 aromatic rings. The molecule has 1 aromatic heterocycles. The molecular formula is C33H42N2O2. The van der Waals surface area contributed by atoms with Gasteiger partial charge in [-0.05, 0) is 86.4 Å². The lowest BCUT2D eigenvalue weighted by Crippen LogP contribution is -2.31. The van der Waals surface area contributed by atoms with Gasteiger partial charge in [0.1, 0.15) is 0 Å². The van der Waals surface area contributed by atoms with Gasteiger partial charge in [-0.3, -0.25) is 9.78 Å². The molecular weight excluding hydrogens is 456 g/mol. The smallest absolute Gasteiger partial charge is 0.309 e. The number of nitrogens with one attached hydrogen (secondary N) is 1. The number of anilines is 1. The zero-order valence-electron chi connectivity index (χ0n) is 22.5. The van der Waals surface area contributed by atoms with Gasteiger partial charge in [0.25, 0.3) is 0 Å². The van der Waals surface area contributed by atoms with Crippen LogP contribution in [0, 0.1) is 5.41 Å². The fraction of sp³-hybridized carbons (Fsp3) is 0.394. The second-order valence-electron chi connectivity index (χ2n) is 9.88. The van der Waals surface area contributed by atoms with Crippen molar-refractivity contribution >= 4 is 23.8 Å². The molecule has 3 rings (SSSR count). The first-order valence-electron chi connectivity index (χ1n) is 13.8. The molecule has 1 heterocycles. The van der Waals surface area contributed by atoms with E-state index < -0.39 is 11.4 Å². The quantitative estimate of drug-likeness (QED) is 0.195. The molecule has 2 aromatic carbocycles. The highest BCUT2D eigenvalue weighted by Crippen LogP contribution is 2.31. The first-order chi connectivity index (χ1) is 18.0. The Bertz CT molecular complexity index is 1120. The summed E-state index contributed by atoms with van der Waals surface area (Å²) >= 11 is 0. The van der Waals surface area contributed by atoms with Crippen LogP contribution >= 0.6 is 0 Å². The standard InChI is InChI=1S/C33H42N2O2/c1-3-33(4-2,32(36)37)24-25-34-31-21-12-17-28(26-31)22-23-30-20-13-19-29(35-30)18-11-6-5-8-14-27-15-9-7-10-16-27/h7,9-10,12-13,15-17,19-23,26,34H,3-6,8,11,14,18,24-25H2,1-2H3,(H,36,37). The molecule has 0 amide bonds. The summed E-state index contributed by atoms with van der Waals surface area (Å²) in [7, 11) is 0. The minimum absolute atomic E-state index is 0.610. The molecule has 0 fully saturated rings. The van der Waals surface area contributed by atoms with Gasteiger partial charge in [0.15, 0.2) is 0 Å². The van der Waals surface area contributed by atoms with Crippen molar-refractivity contribution in [1.29, 1.82) is 0 Å². The summed E-state index contributed by atoms with van der Waals surface area (Å²) in [5.41, 5.74) is 4.99. The van der Waals surface area contributed by atoms with Crippen LogP contribution in [0.2, 0.25) is 0 Å². The summed E-state index contributed by atoms with van der Waals surface area (Å²) in [5, 5.41) is 13.0. The predicted octanol–water partition coefficient (Wildman–Crippen LogP) is 8.29. The maximum Gasteiger partial charge on any atom is 0.309 e. The van der Waals surface area contributed by atoms with Crippen LogP contribution in [0.25, 0.3) is 12.2 Å². The zero-order chi connectivity index (χ0) is 26.3. The molecule has 0 unspecified atom stereocenters. The molecule has 4 heteroatoms. The van der Waals surface area contributed by atoms with E-state index in [1.165, 1.54) is 31.2 Å². The maximum atomic E-state index is 11.7. The van der Waals surface area contributed by atoms with Gasteiger partial charge in [0, 0.05) is 17.9 Å². The lowest BCUT2D eigenvalue weighted by atomic mass is 9.79. The number of rotatable bonds is 16. The van der Waals surface area contributed by atoms with Crippen molar-refractivity contribution in [3.05, 3.63) is 95.3 Å². The van der Waals surface area contributed by atoms with E-state index in [0.29, 0.717) is 25.8 Å². The Balaban J connectivity index is 1.45. The number of hydrogen-bond donors (Lipinski definition) is 2. The van der Waals surface area contributed by atoms with Crippen molar-refractivity contribution in [2.75, 3.05) is 11.9 Å². The number of aliphatic carboxylic acids is 1. The number of aryl methyl sites for hydroxylation is 2. The van der Waals surface area contributed by atoms with Gasteiger partial charge in [-0.2, -0.15) is 0 Å². The van der Waals surface area contributed by atoms with Crippen molar-refractivity contribution in [1.82, 2.24) is 4.98 Å². The summed E-state index contributed by atoms with van der Waals surface area (Å²) in [6.45, 7) is 4.55. The van der Waals surface area contributed by atoms with Gasteiger partial charge in [-0.25, -0.2) is 0 Å². The Labute approximate surface area is 222 Å². The van der Waals surface area contributed by atoms with E-state index in [0.717, 1.165) is 35.5 Å². The molecule has 0 spiro atoms. The topological polar surface area (TPSA) is 62.2 Å². The van der Waals surface area contributed by atoms with Crippen LogP contribution < -0.4 is 5.32 Å². The van der Waals surface area contributed by atoms with Crippen LogP contribution in [0.3, 0.4) is 0 Å². The van der Waals surface area contributed by atoms with Gasteiger partial charge >= 0.3 is 5.97 Å². The number of nitrogens with zero attached hydrogens (tertiary/aromatic N) is 1. The SMILES string of the molecule is CCC(CC)(CCNc1cccc(C=Cc2cccc(CCCCCCc3ccccc3)n2)c1)C(=O)O. The highest BCUT2D eigenvalue weighted by Gasteiger charge is 2.34. The average molecular weight is 499 g/mol. The first-order valence-corrected chi connectivity index (χ1v) is 13.8. The fourth-order valence-electron chi connectivity index (χ4n) is 4.76. The molecule has 0 saturated carbocycles. The molecule has 196 valence electrons. The van der Waals surface area contributed by atoms with Crippen molar-refractivity contribution in [3.63, 3.8) is 0 Å². The van der Waals surface area contributed by atoms with Gasteiger partial charge in [0.05, 0.1) is 11.1 Å². The van der Waals surface area contributed by atoms with Crippen LogP contribution in [-0.2, 0) is 17.6 Å². The molecule has 0 aliphatic heterocycles.